The second-order valence-corrected chi connectivity index (χ2v) is 4.96. The number of benzene rings is 1. The summed E-state index contributed by atoms with van der Waals surface area (Å²) in [5.74, 6) is 0.866. The molecule has 18 heavy (non-hydrogen) atoms. The molecule has 0 spiro atoms. The largest absolute Gasteiger partial charge is 0.394 e. The van der Waals surface area contributed by atoms with Gasteiger partial charge in [0.25, 0.3) is 0 Å². The summed E-state index contributed by atoms with van der Waals surface area (Å²) in [7, 11) is 0. The van der Waals surface area contributed by atoms with Crippen molar-refractivity contribution in [2.24, 2.45) is 0 Å². The van der Waals surface area contributed by atoms with Crippen LogP contribution in [-0.2, 0) is 12.0 Å². The van der Waals surface area contributed by atoms with Crippen molar-refractivity contribution in [2.45, 2.75) is 18.9 Å². The van der Waals surface area contributed by atoms with Crippen molar-refractivity contribution in [2.75, 3.05) is 11.9 Å². The number of aliphatic hydroxyl groups excluding tert-OH is 1. The molecule has 0 bridgehead atoms. The third-order valence-corrected chi connectivity index (χ3v) is 3.59. The predicted octanol–water partition coefficient (Wildman–Crippen LogP) is 2.31. The highest BCUT2D eigenvalue weighted by atomic mass is 16.3. The molecule has 2 aromatic rings. The molecule has 0 aliphatic carbocycles. The molecule has 1 aromatic heterocycles. The van der Waals surface area contributed by atoms with E-state index in [9.17, 15) is 5.11 Å². The molecule has 2 heterocycles. The van der Waals surface area contributed by atoms with Crippen LogP contribution in [0, 0.1) is 0 Å². The van der Waals surface area contributed by atoms with Gasteiger partial charge in [0.2, 0.25) is 0 Å². The Morgan fingerprint density at radius 3 is 2.83 bits per heavy atom. The maximum atomic E-state index is 9.76. The summed E-state index contributed by atoms with van der Waals surface area (Å²) in [6, 6.07) is 12.3. The van der Waals surface area contributed by atoms with Crippen LogP contribution in [0.4, 0.5) is 5.82 Å². The zero-order valence-corrected chi connectivity index (χ0v) is 10.4. The summed E-state index contributed by atoms with van der Waals surface area (Å²) < 4.78 is 0. The number of nitrogens with one attached hydrogen (secondary N) is 1. The van der Waals surface area contributed by atoms with E-state index in [0.717, 1.165) is 17.8 Å². The standard InChI is InChI=1S/C15H16N2O/c1-15(10-18)13-7-3-2-5-11(13)9-12-6-4-8-16-14(12)17-15/h2-8,18H,9-10H2,1H3,(H,16,17). The molecular weight excluding hydrogens is 224 g/mol. The number of anilines is 1. The van der Waals surface area contributed by atoms with Crippen molar-refractivity contribution in [1.82, 2.24) is 4.98 Å². The quantitative estimate of drug-likeness (QED) is 0.804. The Morgan fingerprint density at radius 1 is 1.22 bits per heavy atom. The number of hydrogen-bond donors (Lipinski definition) is 2. The molecule has 0 amide bonds. The topological polar surface area (TPSA) is 45.1 Å². The minimum absolute atomic E-state index is 0.0417. The van der Waals surface area contributed by atoms with Gasteiger partial charge < -0.3 is 10.4 Å². The average Bonchev–Trinajstić information content (AvgIpc) is 2.53. The average molecular weight is 240 g/mol. The Kier molecular flexibility index (Phi) is 2.56. The van der Waals surface area contributed by atoms with Gasteiger partial charge in [0.15, 0.2) is 0 Å². The monoisotopic (exact) mass is 240 g/mol. The van der Waals surface area contributed by atoms with Crippen LogP contribution in [0.2, 0.25) is 0 Å². The van der Waals surface area contributed by atoms with Gasteiger partial charge >= 0.3 is 0 Å². The Labute approximate surface area is 107 Å². The number of aromatic nitrogens is 1. The van der Waals surface area contributed by atoms with E-state index >= 15 is 0 Å². The molecule has 2 N–H and O–H groups in total. The van der Waals surface area contributed by atoms with E-state index in [1.54, 1.807) is 6.20 Å². The van der Waals surface area contributed by atoms with Crippen molar-refractivity contribution in [3.63, 3.8) is 0 Å². The van der Waals surface area contributed by atoms with Crippen LogP contribution in [0.25, 0.3) is 0 Å². The molecule has 3 heteroatoms. The van der Waals surface area contributed by atoms with Crippen LogP contribution in [0.3, 0.4) is 0 Å². The van der Waals surface area contributed by atoms with Gasteiger partial charge in [-0.2, -0.15) is 0 Å². The van der Waals surface area contributed by atoms with Crippen LogP contribution in [0.1, 0.15) is 23.6 Å². The lowest BCUT2D eigenvalue weighted by Gasteiger charge is -2.30. The van der Waals surface area contributed by atoms with Gasteiger partial charge in [-0.3, -0.25) is 0 Å². The highest BCUT2D eigenvalue weighted by Crippen LogP contribution is 2.34. The zero-order chi connectivity index (χ0) is 12.6. The van der Waals surface area contributed by atoms with Crippen LogP contribution >= 0.6 is 0 Å². The number of nitrogens with zero attached hydrogens (tertiary/aromatic N) is 1. The fraction of sp³-hybridized carbons (Fsp3) is 0.267. The molecule has 0 fully saturated rings. The Balaban J connectivity index is 2.21. The first-order valence-electron chi connectivity index (χ1n) is 6.14. The van der Waals surface area contributed by atoms with Crippen molar-refractivity contribution < 1.29 is 5.11 Å². The minimum Gasteiger partial charge on any atom is -0.394 e. The molecule has 0 saturated heterocycles. The summed E-state index contributed by atoms with van der Waals surface area (Å²) in [6.45, 7) is 2.05. The molecule has 1 atom stereocenters. The first kappa shape index (κ1) is 11.2. The van der Waals surface area contributed by atoms with Crippen LogP contribution < -0.4 is 5.32 Å². The van der Waals surface area contributed by atoms with Gasteiger partial charge in [-0.1, -0.05) is 30.3 Å². The SMILES string of the molecule is CC1(CO)Nc2ncccc2Cc2ccccc21. The summed E-state index contributed by atoms with van der Waals surface area (Å²) in [4.78, 5) is 4.38. The summed E-state index contributed by atoms with van der Waals surface area (Å²) in [5, 5.41) is 13.1. The molecule has 1 aliphatic heterocycles. The van der Waals surface area contributed by atoms with Crippen LogP contribution in [-0.4, -0.2) is 16.7 Å². The summed E-state index contributed by atoms with van der Waals surface area (Å²) >= 11 is 0. The van der Waals surface area contributed by atoms with E-state index in [1.807, 2.05) is 25.1 Å². The second kappa shape index (κ2) is 4.10. The van der Waals surface area contributed by atoms with Crippen LogP contribution in [0.5, 0.6) is 0 Å². The van der Waals surface area contributed by atoms with E-state index in [2.05, 4.69) is 28.5 Å². The van der Waals surface area contributed by atoms with Gasteiger partial charge in [-0.25, -0.2) is 4.98 Å². The molecule has 3 rings (SSSR count). The molecule has 0 saturated carbocycles. The Bertz CT molecular complexity index is 582. The fourth-order valence-electron chi connectivity index (χ4n) is 2.57. The van der Waals surface area contributed by atoms with Gasteiger partial charge in [0.1, 0.15) is 5.82 Å². The van der Waals surface area contributed by atoms with Crippen molar-refractivity contribution in [3.05, 3.63) is 59.3 Å². The van der Waals surface area contributed by atoms with E-state index in [-0.39, 0.29) is 6.61 Å². The van der Waals surface area contributed by atoms with E-state index in [4.69, 9.17) is 0 Å². The van der Waals surface area contributed by atoms with Crippen molar-refractivity contribution in [3.8, 4) is 0 Å². The van der Waals surface area contributed by atoms with E-state index in [0.29, 0.717) is 0 Å². The third kappa shape index (κ3) is 1.68. The number of pyridine rings is 1. The van der Waals surface area contributed by atoms with Gasteiger partial charge in [0, 0.05) is 12.6 Å². The Hall–Kier alpha value is -1.87. The molecule has 1 aromatic carbocycles. The molecule has 3 nitrogen and oxygen atoms in total. The van der Waals surface area contributed by atoms with Crippen molar-refractivity contribution >= 4 is 5.82 Å². The number of hydrogen-bond acceptors (Lipinski definition) is 3. The number of rotatable bonds is 1. The second-order valence-electron chi connectivity index (χ2n) is 4.96. The van der Waals surface area contributed by atoms with Crippen LogP contribution in [0.15, 0.2) is 42.6 Å². The van der Waals surface area contributed by atoms with E-state index in [1.165, 1.54) is 11.1 Å². The van der Waals surface area contributed by atoms with E-state index < -0.39 is 5.54 Å². The smallest absolute Gasteiger partial charge is 0.130 e. The van der Waals surface area contributed by atoms with Gasteiger partial charge in [0.05, 0.1) is 12.1 Å². The molecule has 1 aliphatic rings. The highest BCUT2D eigenvalue weighted by Gasteiger charge is 2.31. The Morgan fingerprint density at radius 2 is 2.00 bits per heavy atom. The highest BCUT2D eigenvalue weighted by molar-refractivity contribution is 5.55. The van der Waals surface area contributed by atoms with Gasteiger partial charge in [-0.05, 0) is 29.7 Å². The number of fused-ring (bicyclic) bond motifs is 2. The first-order chi connectivity index (χ1) is 8.73. The molecule has 92 valence electrons. The lowest BCUT2D eigenvalue weighted by Crippen LogP contribution is -2.36. The van der Waals surface area contributed by atoms with Crippen molar-refractivity contribution in [1.29, 1.82) is 0 Å². The maximum absolute atomic E-state index is 9.76. The predicted molar refractivity (Wildman–Crippen MR) is 71.5 cm³/mol. The normalized spacial score (nSPS) is 21.4. The zero-order valence-electron chi connectivity index (χ0n) is 10.4. The molecule has 0 radical (unpaired) electrons. The third-order valence-electron chi connectivity index (χ3n) is 3.59. The maximum Gasteiger partial charge on any atom is 0.130 e. The van der Waals surface area contributed by atoms with Gasteiger partial charge in [-0.15, -0.1) is 0 Å². The molecule has 1 unspecified atom stereocenters. The molecular formula is C15H16N2O. The summed E-state index contributed by atoms with van der Waals surface area (Å²) in [6.07, 6.45) is 2.63. The lowest BCUT2D eigenvalue weighted by molar-refractivity contribution is 0.223. The summed E-state index contributed by atoms with van der Waals surface area (Å²) in [5.41, 5.74) is 3.08. The fourth-order valence-corrected chi connectivity index (χ4v) is 2.57. The minimum atomic E-state index is -0.476. The lowest BCUT2D eigenvalue weighted by atomic mass is 9.88. The number of aliphatic hydroxyl groups is 1. The first-order valence-corrected chi connectivity index (χ1v) is 6.14.